The molecule has 0 saturated heterocycles. The van der Waals surface area contributed by atoms with Gasteiger partial charge in [-0.2, -0.15) is 0 Å². The number of nitrogens with one attached hydrogen (secondary N) is 1. The Morgan fingerprint density at radius 2 is 2.12 bits per heavy atom. The first-order chi connectivity index (χ1) is 7.89. The molecule has 0 unspecified atom stereocenters. The van der Waals surface area contributed by atoms with Crippen LogP contribution in [0.15, 0.2) is 18.2 Å². The maximum absolute atomic E-state index is 12.1. The lowest BCUT2D eigenvalue weighted by Crippen LogP contribution is -2.42. The molecule has 0 spiro atoms. The minimum Gasteiger partial charge on any atom is -0.496 e. The molecule has 0 aliphatic heterocycles. The Labute approximate surface area is 102 Å². The van der Waals surface area contributed by atoms with Gasteiger partial charge in [-0.1, -0.05) is 17.6 Å². The van der Waals surface area contributed by atoms with Crippen LogP contribution in [0.1, 0.15) is 29.8 Å². The van der Waals surface area contributed by atoms with Crippen LogP contribution in [0.25, 0.3) is 0 Å². The third-order valence-corrected chi connectivity index (χ3v) is 2.39. The fraction of sp³-hybridized carbons (Fsp3) is 0.357. The molecule has 1 aromatic rings. The van der Waals surface area contributed by atoms with Crippen LogP contribution in [-0.4, -0.2) is 18.6 Å². The van der Waals surface area contributed by atoms with E-state index in [1.165, 1.54) is 7.11 Å². The monoisotopic (exact) mass is 231 g/mol. The zero-order valence-electron chi connectivity index (χ0n) is 10.6. The van der Waals surface area contributed by atoms with Gasteiger partial charge in [-0.25, -0.2) is 0 Å². The molecule has 0 aliphatic rings. The van der Waals surface area contributed by atoms with E-state index in [0.29, 0.717) is 11.3 Å². The molecule has 1 aromatic carbocycles. The Morgan fingerprint density at radius 1 is 1.47 bits per heavy atom. The van der Waals surface area contributed by atoms with Crippen molar-refractivity contribution in [2.45, 2.75) is 26.3 Å². The van der Waals surface area contributed by atoms with E-state index in [9.17, 15) is 4.79 Å². The molecule has 1 N–H and O–H groups in total. The van der Waals surface area contributed by atoms with E-state index in [2.05, 4.69) is 11.2 Å². The van der Waals surface area contributed by atoms with Crippen LogP contribution in [0.2, 0.25) is 0 Å². The molecule has 0 bridgehead atoms. The van der Waals surface area contributed by atoms with Gasteiger partial charge in [0.25, 0.3) is 5.91 Å². The second-order valence-electron chi connectivity index (χ2n) is 4.43. The van der Waals surface area contributed by atoms with Crippen LogP contribution in [0.3, 0.4) is 0 Å². The maximum atomic E-state index is 12.1. The second-order valence-corrected chi connectivity index (χ2v) is 4.43. The summed E-state index contributed by atoms with van der Waals surface area (Å²) in [6, 6.07) is 5.44. The highest BCUT2D eigenvalue weighted by atomic mass is 16.5. The van der Waals surface area contributed by atoms with Crippen molar-refractivity contribution in [3.8, 4) is 18.1 Å². The zero-order valence-corrected chi connectivity index (χ0v) is 10.6. The van der Waals surface area contributed by atoms with Crippen LogP contribution < -0.4 is 10.1 Å². The van der Waals surface area contributed by atoms with Crippen molar-refractivity contribution in [1.82, 2.24) is 5.32 Å². The summed E-state index contributed by atoms with van der Waals surface area (Å²) >= 11 is 0. The smallest absolute Gasteiger partial charge is 0.256 e. The molecule has 3 heteroatoms. The lowest BCUT2D eigenvalue weighted by Gasteiger charge is -2.20. The van der Waals surface area contributed by atoms with Gasteiger partial charge in [0.1, 0.15) is 5.75 Å². The first-order valence-corrected chi connectivity index (χ1v) is 5.34. The van der Waals surface area contributed by atoms with Crippen molar-refractivity contribution < 1.29 is 9.53 Å². The normalized spacial score (nSPS) is 10.5. The van der Waals surface area contributed by atoms with Gasteiger partial charge in [0, 0.05) is 0 Å². The Morgan fingerprint density at radius 3 is 2.65 bits per heavy atom. The van der Waals surface area contributed by atoms with Gasteiger partial charge in [-0.15, -0.1) is 6.42 Å². The van der Waals surface area contributed by atoms with E-state index < -0.39 is 5.54 Å². The molecule has 3 nitrogen and oxygen atoms in total. The number of rotatable bonds is 3. The number of terminal acetylenes is 1. The summed E-state index contributed by atoms with van der Waals surface area (Å²) in [5.74, 6) is 2.84. The standard InChI is InChI=1S/C14H17NO2/c1-6-14(3,4)15-13(16)11-9-10(2)7-8-12(11)17-5/h1,7-9H,2-5H3,(H,15,16). The number of hydrogen-bond acceptors (Lipinski definition) is 2. The fourth-order valence-electron chi connectivity index (χ4n) is 1.39. The predicted molar refractivity (Wildman–Crippen MR) is 68.1 cm³/mol. The van der Waals surface area contributed by atoms with Crippen LogP contribution in [0.4, 0.5) is 0 Å². The number of carbonyl (C=O) groups is 1. The number of amides is 1. The van der Waals surface area contributed by atoms with Gasteiger partial charge < -0.3 is 10.1 Å². The van der Waals surface area contributed by atoms with E-state index in [1.807, 2.05) is 13.0 Å². The van der Waals surface area contributed by atoms with Gasteiger partial charge in [-0.05, 0) is 32.9 Å². The van der Waals surface area contributed by atoms with Gasteiger partial charge in [0.15, 0.2) is 0 Å². The predicted octanol–water partition coefficient (Wildman–Crippen LogP) is 2.15. The first kappa shape index (κ1) is 13.1. The Hall–Kier alpha value is -1.95. The van der Waals surface area contributed by atoms with Crippen molar-refractivity contribution >= 4 is 5.91 Å². The van der Waals surface area contributed by atoms with E-state index in [0.717, 1.165) is 5.56 Å². The van der Waals surface area contributed by atoms with Gasteiger partial charge in [0.05, 0.1) is 18.2 Å². The fourth-order valence-corrected chi connectivity index (χ4v) is 1.39. The number of hydrogen-bond donors (Lipinski definition) is 1. The number of ether oxygens (including phenoxy) is 1. The highest BCUT2D eigenvalue weighted by Crippen LogP contribution is 2.20. The third-order valence-electron chi connectivity index (χ3n) is 2.39. The zero-order chi connectivity index (χ0) is 13.1. The average Bonchev–Trinajstić information content (AvgIpc) is 2.28. The van der Waals surface area contributed by atoms with Crippen molar-refractivity contribution in [3.05, 3.63) is 29.3 Å². The summed E-state index contributed by atoms with van der Waals surface area (Å²) in [7, 11) is 1.54. The van der Waals surface area contributed by atoms with Crippen LogP contribution in [-0.2, 0) is 0 Å². The minimum absolute atomic E-state index is 0.228. The van der Waals surface area contributed by atoms with Crippen LogP contribution in [0.5, 0.6) is 5.75 Å². The SMILES string of the molecule is C#CC(C)(C)NC(=O)c1cc(C)ccc1OC. The minimum atomic E-state index is -0.675. The lowest BCUT2D eigenvalue weighted by molar-refractivity contribution is 0.0926. The summed E-state index contributed by atoms with van der Waals surface area (Å²) in [6.07, 6.45) is 5.34. The molecule has 1 rings (SSSR count). The van der Waals surface area contributed by atoms with Gasteiger partial charge in [-0.3, -0.25) is 4.79 Å². The summed E-state index contributed by atoms with van der Waals surface area (Å²) in [6.45, 7) is 5.46. The quantitative estimate of drug-likeness (QED) is 0.809. The van der Waals surface area contributed by atoms with Gasteiger partial charge >= 0.3 is 0 Å². The molecule has 0 fully saturated rings. The molecular formula is C14H17NO2. The molecule has 0 saturated carbocycles. The largest absolute Gasteiger partial charge is 0.496 e. The Kier molecular flexibility index (Phi) is 3.80. The van der Waals surface area contributed by atoms with Gasteiger partial charge in [0.2, 0.25) is 0 Å². The number of benzene rings is 1. The molecule has 1 amide bonds. The summed E-state index contributed by atoms with van der Waals surface area (Å²) in [5.41, 5.74) is 0.816. The Balaban J connectivity index is 3.04. The van der Waals surface area contributed by atoms with Crippen molar-refractivity contribution in [2.75, 3.05) is 7.11 Å². The first-order valence-electron chi connectivity index (χ1n) is 5.34. The van der Waals surface area contributed by atoms with E-state index in [1.54, 1.807) is 26.0 Å². The Bertz CT molecular complexity index is 470. The average molecular weight is 231 g/mol. The highest BCUT2D eigenvalue weighted by molar-refractivity contribution is 5.97. The van der Waals surface area contributed by atoms with Crippen molar-refractivity contribution in [2.24, 2.45) is 0 Å². The molecule has 0 radical (unpaired) electrons. The second kappa shape index (κ2) is 4.92. The number of methoxy groups -OCH3 is 1. The van der Waals surface area contributed by atoms with E-state index >= 15 is 0 Å². The van der Waals surface area contributed by atoms with E-state index in [-0.39, 0.29) is 5.91 Å². The summed E-state index contributed by atoms with van der Waals surface area (Å²) in [4.78, 5) is 12.1. The van der Waals surface area contributed by atoms with Crippen LogP contribution in [0, 0.1) is 19.3 Å². The van der Waals surface area contributed by atoms with E-state index in [4.69, 9.17) is 11.2 Å². The molecule has 0 aromatic heterocycles. The summed E-state index contributed by atoms with van der Waals surface area (Å²) < 4.78 is 5.16. The molecular weight excluding hydrogens is 214 g/mol. The topological polar surface area (TPSA) is 38.3 Å². The third kappa shape index (κ3) is 3.25. The molecule has 0 heterocycles. The van der Waals surface area contributed by atoms with Crippen molar-refractivity contribution in [3.63, 3.8) is 0 Å². The van der Waals surface area contributed by atoms with Crippen molar-refractivity contribution in [1.29, 1.82) is 0 Å². The molecule has 0 atom stereocenters. The summed E-state index contributed by atoms with van der Waals surface area (Å²) in [5, 5.41) is 2.77. The van der Waals surface area contributed by atoms with Crippen LogP contribution >= 0.6 is 0 Å². The highest BCUT2D eigenvalue weighted by Gasteiger charge is 2.20. The number of carbonyl (C=O) groups excluding carboxylic acids is 1. The molecule has 90 valence electrons. The molecule has 17 heavy (non-hydrogen) atoms. The molecule has 0 aliphatic carbocycles. The number of aryl methyl sites for hydroxylation is 1. The lowest BCUT2D eigenvalue weighted by atomic mass is 10.0. The maximum Gasteiger partial charge on any atom is 0.256 e.